The quantitative estimate of drug-likeness (QED) is 0.912. The van der Waals surface area contributed by atoms with Crippen molar-refractivity contribution in [1.82, 2.24) is 5.32 Å². The van der Waals surface area contributed by atoms with Crippen LogP contribution in [0.1, 0.15) is 24.9 Å². The zero-order chi connectivity index (χ0) is 17.8. The SMILES string of the molecule is COc1ccccc1N1CC(C(=O)NC(C)c2ccccc2)CC1=O. The highest BCUT2D eigenvalue weighted by Gasteiger charge is 2.36. The van der Waals surface area contributed by atoms with Gasteiger partial charge in [-0.3, -0.25) is 9.59 Å². The van der Waals surface area contributed by atoms with Crippen molar-refractivity contribution in [2.24, 2.45) is 5.92 Å². The lowest BCUT2D eigenvalue weighted by molar-refractivity contribution is -0.126. The van der Waals surface area contributed by atoms with Gasteiger partial charge in [-0.1, -0.05) is 42.5 Å². The smallest absolute Gasteiger partial charge is 0.227 e. The van der Waals surface area contributed by atoms with Crippen molar-refractivity contribution < 1.29 is 14.3 Å². The number of methoxy groups -OCH3 is 1. The number of hydrogen-bond acceptors (Lipinski definition) is 3. The molecule has 0 spiro atoms. The summed E-state index contributed by atoms with van der Waals surface area (Å²) in [5, 5.41) is 3.01. The Hall–Kier alpha value is -2.82. The topological polar surface area (TPSA) is 58.6 Å². The van der Waals surface area contributed by atoms with Gasteiger partial charge in [0.15, 0.2) is 0 Å². The third-order valence-corrected chi connectivity index (χ3v) is 4.53. The van der Waals surface area contributed by atoms with E-state index < -0.39 is 0 Å². The van der Waals surface area contributed by atoms with Gasteiger partial charge in [0, 0.05) is 13.0 Å². The summed E-state index contributed by atoms with van der Waals surface area (Å²) in [4.78, 5) is 26.6. The van der Waals surface area contributed by atoms with E-state index in [9.17, 15) is 9.59 Å². The molecule has 25 heavy (non-hydrogen) atoms. The van der Waals surface area contributed by atoms with Gasteiger partial charge in [0.1, 0.15) is 5.75 Å². The minimum absolute atomic E-state index is 0.0583. The average molecular weight is 338 g/mol. The highest BCUT2D eigenvalue weighted by Crippen LogP contribution is 2.33. The zero-order valence-electron chi connectivity index (χ0n) is 14.4. The van der Waals surface area contributed by atoms with E-state index in [-0.39, 0.29) is 30.2 Å². The van der Waals surface area contributed by atoms with Gasteiger partial charge in [-0.05, 0) is 24.6 Å². The van der Waals surface area contributed by atoms with Crippen molar-refractivity contribution in [1.29, 1.82) is 0 Å². The molecule has 1 fully saturated rings. The molecular formula is C20H22N2O3. The van der Waals surface area contributed by atoms with Crippen LogP contribution in [-0.2, 0) is 9.59 Å². The number of anilines is 1. The molecule has 0 aromatic heterocycles. The van der Waals surface area contributed by atoms with Gasteiger partial charge in [0.25, 0.3) is 0 Å². The van der Waals surface area contributed by atoms with Crippen LogP contribution >= 0.6 is 0 Å². The first-order chi connectivity index (χ1) is 12.1. The molecule has 1 heterocycles. The monoisotopic (exact) mass is 338 g/mol. The number of carbonyl (C=O) groups is 2. The molecule has 1 N–H and O–H groups in total. The Morgan fingerprint density at radius 1 is 1.16 bits per heavy atom. The Labute approximate surface area is 147 Å². The van der Waals surface area contributed by atoms with Gasteiger partial charge in [-0.2, -0.15) is 0 Å². The molecule has 0 bridgehead atoms. The van der Waals surface area contributed by atoms with Crippen molar-refractivity contribution in [2.45, 2.75) is 19.4 Å². The van der Waals surface area contributed by atoms with E-state index in [0.29, 0.717) is 18.0 Å². The van der Waals surface area contributed by atoms with E-state index in [1.54, 1.807) is 12.0 Å². The van der Waals surface area contributed by atoms with Crippen LogP contribution in [0.25, 0.3) is 0 Å². The number of carbonyl (C=O) groups excluding carboxylic acids is 2. The third-order valence-electron chi connectivity index (χ3n) is 4.53. The van der Waals surface area contributed by atoms with Crippen LogP contribution in [0.15, 0.2) is 54.6 Å². The second-order valence-electron chi connectivity index (χ2n) is 6.22. The second kappa shape index (κ2) is 7.38. The number of benzene rings is 2. The molecule has 5 heteroatoms. The summed E-state index contributed by atoms with van der Waals surface area (Å²) in [5.41, 5.74) is 1.75. The molecule has 2 atom stereocenters. The van der Waals surface area contributed by atoms with Gasteiger partial charge in [-0.15, -0.1) is 0 Å². The maximum atomic E-state index is 12.6. The maximum absolute atomic E-state index is 12.6. The molecule has 1 aliphatic heterocycles. The molecule has 1 saturated heterocycles. The van der Waals surface area contributed by atoms with Gasteiger partial charge < -0.3 is 15.0 Å². The van der Waals surface area contributed by atoms with E-state index in [1.165, 1.54) is 0 Å². The third kappa shape index (κ3) is 3.65. The number of para-hydroxylation sites is 2. The van der Waals surface area contributed by atoms with E-state index >= 15 is 0 Å². The minimum Gasteiger partial charge on any atom is -0.495 e. The first kappa shape index (κ1) is 17.0. The van der Waals surface area contributed by atoms with Crippen LogP contribution in [-0.4, -0.2) is 25.5 Å². The number of hydrogen-bond donors (Lipinski definition) is 1. The molecule has 2 aromatic carbocycles. The fourth-order valence-corrected chi connectivity index (χ4v) is 3.13. The Morgan fingerprint density at radius 2 is 1.84 bits per heavy atom. The minimum atomic E-state index is -0.358. The van der Waals surface area contributed by atoms with Crippen molar-refractivity contribution in [2.75, 3.05) is 18.6 Å². The molecule has 0 saturated carbocycles. The summed E-state index contributed by atoms with van der Waals surface area (Å²) in [6.45, 7) is 2.31. The van der Waals surface area contributed by atoms with E-state index in [4.69, 9.17) is 4.74 Å². The molecule has 2 aromatic rings. The lowest BCUT2D eigenvalue weighted by atomic mass is 10.1. The molecule has 0 aliphatic carbocycles. The number of nitrogens with zero attached hydrogens (tertiary/aromatic N) is 1. The normalized spacial score (nSPS) is 18.1. The first-order valence-electron chi connectivity index (χ1n) is 8.39. The van der Waals surface area contributed by atoms with Crippen LogP contribution in [0.3, 0.4) is 0 Å². The van der Waals surface area contributed by atoms with Crippen LogP contribution in [0, 0.1) is 5.92 Å². The van der Waals surface area contributed by atoms with Gasteiger partial charge >= 0.3 is 0 Å². The lowest BCUT2D eigenvalue weighted by Crippen LogP contribution is -2.34. The molecular weight excluding hydrogens is 316 g/mol. The Balaban J connectivity index is 1.69. The van der Waals surface area contributed by atoms with E-state index in [2.05, 4.69) is 5.32 Å². The number of rotatable bonds is 5. The largest absolute Gasteiger partial charge is 0.495 e. The van der Waals surface area contributed by atoms with Crippen LogP contribution in [0.2, 0.25) is 0 Å². The number of ether oxygens (including phenoxy) is 1. The maximum Gasteiger partial charge on any atom is 0.227 e. The summed E-state index contributed by atoms with van der Waals surface area (Å²) in [5.74, 6) is 0.122. The fraction of sp³-hybridized carbons (Fsp3) is 0.300. The first-order valence-corrected chi connectivity index (χ1v) is 8.39. The predicted molar refractivity (Wildman–Crippen MR) is 96.5 cm³/mol. The Morgan fingerprint density at radius 3 is 2.56 bits per heavy atom. The Bertz CT molecular complexity index is 761. The fourth-order valence-electron chi connectivity index (χ4n) is 3.13. The number of nitrogens with one attached hydrogen (secondary N) is 1. The predicted octanol–water partition coefficient (Wildman–Crippen LogP) is 2.93. The average Bonchev–Trinajstić information content (AvgIpc) is 3.04. The van der Waals surface area contributed by atoms with Crippen LogP contribution in [0.5, 0.6) is 5.75 Å². The van der Waals surface area contributed by atoms with Crippen molar-refractivity contribution in [3.05, 3.63) is 60.2 Å². The summed E-state index contributed by atoms with van der Waals surface area (Å²) in [6.07, 6.45) is 0.214. The van der Waals surface area contributed by atoms with Crippen molar-refractivity contribution in [3.63, 3.8) is 0 Å². The molecule has 3 rings (SSSR count). The van der Waals surface area contributed by atoms with Crippen LogP contribution in [0.4, 0.5) is 5.69 Å². The van der Waals surface area contributed by atoms with E-state index in [0.717, 1.165) is 5.56 Å². The highest BCUT2D eigenvalue weighted by atomic mass is 16.5. The molecule has 5 nitrogen and oxygen atoms in total. The summed E-state index contributed by atoms with van der Waals surface area (Å²) in [6, 6.07) is 17.1. The lowest BCUT2D eigenvalue weighted by Gasteiger charge is -2.20. The van der Waals surface area contributed by atoms with Gasteiger partial charge in [-0.25, -0.2) is 0 Å². The van der Waals surface area contributed by atoms with Gasteiger partial charge in [0.2, 0.25) is 11.8 Å². The second-order valence-corrected chi connectivity index (χ2v) is 6.22. The zero-order valence-corrected chi connectivity index (χ0v) is 14.4. The molecule has 2 unspecified atom stereocenters. The standard InChI is InChI=1S/C20H22N2O3/c1-14(15-8-4-3-5-9-15)21-20(24)16-12-19(23)22(13-16)17-10-6-7-11-18(17)25-2/h3-11,14,16H,12-13H2,1-2H3,(H,21,24). The van der Waals surface area contributed by atoms with Crippen molar-refractivity contribution in [3.8, 4) is 5.75 Å². The molecule has 130 valence electrons. The van der Waals surface area contributed by atoms with Gasteiger partial charge in [0.05, 0.1) is 24.8 Å². The molecule has 2 amide bonds. The van der Waals surface area contributed by atoms with Crippen molar-refractivity contribution >= 4 is 17.5 Å². The van der Waals surface area contributed by atoms with Crippen LogP contribution < -0.4 is 15.0 Å². The molecule has 0 radical (unpaired) electrons. The van der Waals surface area contributed by atoms with E-state index in [1.807, 2.05) is 61.5 Å². The summed E-state index contributed by atoms with van der Waals surface area (Å²) >= 11 is 0. The summed E-state index contributed by atoms with van der Waals surface area (Å²) in [7, 11) is 1.57. The number of amides is 2. The highest BCUT2D eigenvalue weighted by molar-refractivity contribution is 6.01. The summed E-state index contributed by atoms with van der Waals surface area (Å²) < 4.78 is 5.33. The molecule has 1 aliphatic rings. The Kier molecular flexibility index (Phi) is 5.03.